The fraction of sp³-hybridized carbons (Fsp3) is 0.462. The van der Waals surface area contributed by atoms with Gasteiger partial charge in [-0.15, -0.1) is 0 Å². The van der Waals surface area contributed by atoms with Gasteiger partial charge < -0.3 is 14.5 Å². The molecule has 3 heterocycles. The summed E-state index contributed by atoms with van der Waals surface area (Å²) in [6.07, 6.45) is 5.85. The monoisotopic (exact) mass is 457 g/mol. The number of hydrogen-bond acceptors (Lipinski definition) is 8. The summed E-state index contributed by atoms with van der Waals surface area (Å²) in [6.45, 7) is 6.95. The van der Waals surface area contributed by atoms with Gasteiger partial charge in [0.25, 0.3) is 0 Å². The normalized spacial score (nSPS) is 18.6. The molecule has 3 aliphatic rings. The molecule has 1 aromatic heterocycles. The Morgan fingerprint density at radius 1 is 0.853 bits per heavy atom. The van der Waals surface area contributed by atoms with Crippen LogP contribution >= 0.6 is 0 Å². The third-order valence-corrected chi connectivity index (χ3v) is 7.13. The van der Waals surface area contributed by atoms with Gasteiger partial charge in [0.2, 0.25) is 17.8 Å². The highest BCUT2D eigenvalue weighted by atomic mass is 16.5. The van der Waals surface area contributed by atoms with Crippen molar-refractivity contribution in [1.82, 2.24) is 15.0 Å². The van der Waals surface area contributed by atoms with Crippen molar-refractivity contribution in [3.8, 4) is 0 Å². The number of hydrogen-bond donors (Lipinski definition) is 1. The molecule has 1 N–H and O–H groups in total. The highest BCUT2D eigenvalue weighted by Crippen LogP contribution is 2.33. The van der Waals surface area contributed by atoms with Crippen molar-refractivity contribution in [2.75, 3.05) is 54.6 Å². The summed E-state index contributed by atoms with van der Waals surface area (Å²) in [5.41, 5.74) is 8.10. The molecule has 176 valence electrons. The van der Waals surface area contributed by atoms with Crippen LogP contribution in [0.1, 0.15) is 42.9 Å². The first-order valence-corrected chi connectivity index (χ1v) is 12.4. The Morgan fingerprint density at radius 3 is 2.32 bits per heavy atom. The van der Waals surface area contributed by atoms with Gasteiger partial charge in [0.05, 0.1) is 18.9 Å². The van der Waals surface area contributed by atoms with E-state index in [1.165, 1.54) is 41.2 Å². The molecular weight excluding hydrogens is 426 g/mol. The second kappa shape index (κ2) is 9.18. The highest BCUT2D eigenvalue weighted by Gasteiger charge is 2.21. The van der Waals surface area contributed by atoms with Gasteiger partial charge >= 0.3 is 0 Å². The van der Waals surface area contributed by atoms with E-state index in [4.69, 9.17) is 24.8 Å². The number of aryl methyl sites for hydroxylation is 2. The zero-order valence-electron chi connectivity index (χ0n) is 19.8. The molecule has 2 aromatic carbocycles. The van der Waals surface area contributed by atoms with Crippen molar-refractivity contribution in [2.24, 2.45) is 5.10 Å². The van der Waals surface area contributed by atoms with Crippen molar-refractivity contribution in [2.45, 2.75) is 39.0 Å². The molecule has 34 heavy (non-hydrogen) atoms. The van der Waals surface area contributed by atoms with E-state index in [9.17, 15) is 0 Å². The summed E-state index contributed by atoms with van der Waals surface area (Å²) < 4.78 is 5.52. The lowest BCUT2D eigenvalue weighted by molar-refractivity contribution is 0.122. The Kier molecular flexibility index (Phi) is 5.74. The largest absolute Gasteiger partial charge is 0.378 e. The molecule has 0 bridgehead atoms. The van der Waals surface area contributed by atoms with Crippen LogP contribution in [0.5, 0.6) is 0 Å². The standard InChI is InChI=1S/C26H31N7O/c1-18(21-11-10-20-9-8-19-6-5-7-22(21)23(19)20)30-31-24-27-25(32-12-3-2-4-13-32)29-26(28-24)33-14-16-34-17-15-33/h5-7,10-11H,2-4,8-9,12-17H2,1H3,(H,27,28,29,31)/b30-18+. The van der Waals surface area contributed by atoms with Crippen LogP contribution in [0.4, 0.5) is 17.8 Å². The number of nitrogens with zero attached hydrogens (tertiary/aromatic N) is 6. The van der Waals surface area contributed by atoms with E-state index in [1.54, 1.807) is 0 Å². The number of hydrazone groups is 1. The zero-order valence-corrected chi connectivity index (χ0v) is 19.8. The molecule has 0 spiro atoms. The second-order valence-corrected chi connectivity index (χ2v) is 9.33. The van der Waals surface area contributed by atoms with Gasteiger partial charge in [0.15, 0.2) is 0 Å². The Balaban J connectivity index is 1.32. The summed E-state index contributed by atoms with van der Waals surface area (Å²) in [4.78, 5) is 18.7. The zero-order chi connectivity index (χ0) is 22.9. The predicted molar refractivity (Wildman–Crippen MR) is 136 cm³/mol. The van der Waals surface area contributed by atoms with Crippen LogP contribution in [0.25, 0.3) is 10.8 Å². The molecular formula is C26H31N7O. The molecule has 0 saturated carbocycles. The minimum absolute atomic E-state index is 0.488. The molecule has 8 heteroatoms. The van der Waals surface area contributed by atoms with E-state index in [-0.39, 0.29) is 0 Å². The molecule has 8 nitrogen and oxygen atoms in total. The number of piperidine rings is 1. The lowest BCUT2D eigenvalue weighted by atomic mass is 9.98. The van der Waals surface area contributed by atoms with Crippen molar-refractivity contribution in [3.05, 3.63) is 47.0 Å². The van der Waals surface area contributed by atoms with Crippen LogP contribution in [-0.2, 0) is 17.6 Å². The fourth-order valence-electron chi connectivity index (χ4n) is 5.30. The molecule has 2 fully saturated rings. The van der Waals surface area contributed by atoms with Gasteiger partial charge in [-0.2, -0.15) is 20.1 Å². The fourth-order valence-corrected chi connectivity index (χ4v) is 5.30. The van der Waals surface area contributed by atoms with Gasteiger partial charge in [-0.05, 0) is 60.9 Å². The minimum atomic E-state index is 0.488. The van der Waals surface area contributed by atoms with Crippen molar-refractivity contribution < 1.29 is 4.74 Å². The number of morpholine rings is 1. The lowest BCUT2D eigenvalue weighted by Crippen LogP contribution is -2.38. The average Bonchev–Trinajstić information content (AvgIpc) is 3.33. The first kappa shape index (κ1) is 21.3. The van der Waals surface area contributed by atoms with Crippen molar-refractivity contribution in [3.63, 3.8) is 0 Å². The summed E-state index contributed by atoms with van der Waals surface area (Å²) in [7, 11) is 0. The van der Waals surface area contributed by atoms with Crippen LogP contribution in [0.15, 0.2) is 35.4 Å². The predicted octanol–water partition coefficient (Wildman–Crippen LogP) is 3.79. The Hall–Kier alpha value is -3.26. The molecule has 0 radical (unpaired) electrons. The number of ether oxygens (including phenoxy) is 1. The lowest BCUT2D eigenvalue weighted by Gasteiger charge is -2.30. The molecule has 0 unspecified atom stereocenters. The maximum atomic E-state index is 5.52. The number of anilines is 3. The first-order chi connectivity index (χ1) is 16.8. The molecule has 6 rings (SSSR count). The van der Waals surface area contributed by atoms with E-state index in [0.29, 0.717) is 25.1 Å². The van der Waals surface area contributed by atoms with E-state index in [1.807, 2.05) is 6.92 Å². The second-order valence-electron chi connectivity index (χ2n) is 9.33. The average molecular weight is 458 g/mol. The first-order valence-electron chi connectivity index (χ1n) is 12.4. The Morgan fingerprint density at radius 2 is 1.56 bits per heavy atom. The minimum Gasteiger partial charge on any atom is -0.378 e. The van der Waals surface area contributed by atoms with Gasteiger partial charge in [0.1, 0.15) is 0 Å². The van der Waals surface area contributed by atoms with Crippen LogP contribution in [0, 0.1) is 0 Å². The maximum absolute atomic E-state index is 5.52. The van der Waals surface area contributed by atoms with Gasteiger partial charge in [0, 0.05) is 31.7 Å². The SMILES string of the molecule is C/C(=N\Nc1nc(N2CCCCC2)nc(N2CCOCC2)n1)c1ccc2c3c(cccc13)CC2. The number of nitrogens with one attached hydrogen (secondary N) is 1. The van der Waals surface area contributed by atoms with Crippen LogP contribution in [0.3, 0.4) is 0 Å². The molecule has 0 atom stereocenters. The van der Waals surface area contributed by atoms with E-state index < -0.39 is 0 Å². The third-order valence-electron chi connectivity index (χ3n) is 7.13. The highest BCUT2D eigenvalue weighted by molar-refractivity contribution is 6.11. The third kappa shape index (κ3) is 4.07. The summed E-state index contributed by atoms with van der Waals surface area (Å²) in [5, 5.41) is 7.39. The number of rotatable bonds is 5. The Bertz CT molecular complexity index is 1180. The van der Waals surface area contributed by atoms with E-state index in [2.05, 4.69) is 45.6 Å². The molecule has 2 saturated heterocycles. The molecule has 1 aliphatic carbocycles. The van der Waals surface area contributed by atoms with Gasteiger partial charge in [-0.1, -0.05) is 30.3 Å². The van der Waals surface area contributed by atoms with E-state index >= 15 is 0 Å². The van der Waals surface area contributed by atoms with E-state index in [0.717, 1.165) is 56.2 Å². The van der Waals surface area contributed by atoms with Gasteiger partial charge in [-0.25, -0.2) is 5.43 Å². The van der Waals surface area contributed by atoms with Crippen LogP contribution in [0.2, 0.25) is 0 Å². The van der Waals surface area contributed by atoms with Crippen LogP contribution < -0.4 is 15.2 Å². The molecule has 0 amide bonds. The maximum Gasteiger partial charge on any atom is 0.250 e. The summed E-state index contributed by atoms with van der Waals surface area (Å²) >= 11 is 0. The summed E-state index contributed by atoms with van der Waals surface area (Å²) in [6, 6.07) is 11.0. The van der Waals surface area contributed by atoms with Crippen molar-refractivity contribution >= 4 is 34.3 Å². The number of aromatic nitrogens is 3. The summed E-state index contributed by atoms with van der Waals surface area (Å²) in [5.74, 6) is 1.92. The van der Waals surface area contributed by atoms with Gasteiger partial charge in [-0.3, -0.25) is 0 Å². The molecule has 2 aliphatic heterocycles. The van der Waals surface area contributed by atoms with Crippen molar-refractivity contribution in [1.29, 1.82) is 0 Å². The number of benzene rings is 2. The smallest absolute Gasteiger partial charge is 0.250 e. The quantitative estimate of drug-likeness (QED) is 0.461. The molecule has 3 aromatic rings. The Labute approximate surface area is 200 Å². The van der Waals surface area contributed by atoms with Crippen LogP contribution in [-0.4, -0.2) is 60.1 Å². The topological polar surface area (TPSA) is 78.8 Å².